The van der Waals surface area contributed by atoms with E-state index < -0.39 is 6.04 Å². The fourth-order valence-corrected chi connectivity index (χ4v) is 2.97. The first-order valence-electron chi connectivity index (χ1n) is 6.51. The molecule has 1 unspecified atom stereocenters. The highest BCUT2D eigenvalue weighted by molar-refractivity contribution is 7.19. The Morgan fingerprint density at radius 1 is 1.41 bits per heavy atom. The van der Waals surface area contributed by atoms with Crippen molar-refractivity contribution in [1.82, 2.24) is 19.7 Å². The second-order valence-corrected chi connectivity index (χ2v) is 6.26. The molecule has 8 heteroatoms. The molecule has 0 saturated carbocycles. The molecule has 0 fully saturated rings. The van der Waals surface area contributed by atoms with Crippen molar-refractivity contribution < 1.29 is 4.79 Å². The lowest BCUT2D eigenvalue weighted by molar-refractivity contribution is -0.119. The SMILES string of the molecule is CC(C(=O)Nc1cccnc1-c1ccc(Cl)s1)n1cncn1. The summed E-state index contributed by atoms with van der Waals surface area (Å²) in [5.41, 5.74) is 1.33. The third-order valence-corrected chi connectivity index (χ3v) is 4.32. The van der Waals surface area contributed by atoms with Crippen LogP contribution < -0.4 is 5.32 Å². The first-order chi connectivity index (χ1) is 10.6. The van der Waals surface area contributed by atoms with Crippen LogP contribution in [0.1, 0.15) is 13.0 Å². The van der Waals surface area contributed by atoms with E-state index in [1.54, 1.807) is 25.3 Å². The largest absolute Gasteiger partial charge is 0.322 e. The molecule has 22 heavy (non-hydrogen) atoms. The summed E-state index contributed by atoms with van der Waals surface area (Å²) in [5.74, 6) is -0.192. The predicted octanol–water partition coefficient (Wildman–Crippen LogP) is 3.25. The monoisotopic (exact) mass is 333 g/mol. The van der Waals surface area contributed by atoms with Crippen LogP contribution in [0.2, 0.25) is 4.34 Å². The van der Waals surface area contributed by atoms with Gasteiger partial charge in [-0.15, -0.1) is 11.3 Å². The van der Waals surface area contributed by atoms with Crippen molar-refractivity contribution >= 4 is 34.5 Å². The first-order valence-corrected chi connectivity index (χ1v) is 7.70. The minimum absolute atomic E-state index is 0.192. The van der Waals surface area contributed by atoms with Gasteiger partial charge in [0, 0.05) is 6.20 Å². The summed E-state index contributed by atoms with van der Waals surface area (Å²) < 4.78 is 2.17. The Balaban J connectivity index is 1.85. The molecule has 6 nitrogen and oxygen atoms in total. The second kappa shape index (κ2) is 6.25. The standard InChI is InChI=1S/C14H12ClN5OS/c1-9(20-8-16-7-18-20)14(21)19-10-3-2-6-17-13(10)11-4-5-12(15)22-11/h2-9H,1H3,(H,19,21). The maximum Gasteiger partial charge on any atom is 0.249 e. The number of nitrogens with one attached hydrogen (secondary N) is 1. The van der Waals surface area contributed by atoms with Gasteiger partial charge in [0.15, 0.2) is 0 Å². The van der Waals surface area contributed by atoms with Crippen molar-refractivity contribution in [3.63, 3.8) is 0 Å². The third kappa shape index (κ3) is 3.00. The molecule has 1 atom stereocenters. The van der Waals surface area contributed by atoms with Gasteiger partial charge in [0.25, 0.3) is 0 Å². The molecule has 3 heterocycles. The van der Waals surface area contributed by atoms with E-state index in [0.717, 1.165) is 4.88 Å². The molecule has 0 aliphatic rings. The smallest absolute Gasteiger partial charge is 0.249 e. The lowest BCUT2D eigenvalue weighted by Crippen LogP contribution is -2.24. The number of carbonyl (C=O) groups excluding carboxylic acids is 1. The number of hydrogen-bond donors (Lipinski definition) is 1. The van der Waals surface area contributed by atoms with E-state index in [0.29, 0.717) is 15.7 Å². The molecule has 3 rings (SSSR count). The molecular formula is C14H12ClN5OS. The molecule has 0 bridgehead atoms. The van der Waals surface area contributed by atoms with Crippen molar-refractivity contribution in [1.29, 1.82) is 0 Å². The van der Waals surface area contributed by atoms with E-state index in [1.807, 2.05) is 12.1 Å². The molecule has 112 valence electrons. The average molecular weight is 334 g/mol. The van der Waals surface area contributed by atoms with Crippen LogP contribution in [0.5, 0.6) is 0 Å². The van der Waals surface area contributed by atoms with E-state index in [2.05, 4.69) is 20.4 Å². The highest BCUT2D eigenvalue weighted by Crippen LogP contribution is 2.34. The number of carbonyl (C=O) groups is 1. The number of hydrogen-bond acceptors (Lipinski definition) is 5. The minimum atomic E-state index is -0.470. The Morgan fingerprint density at radius 3 is 2.95 bits per heavy atom. The van der Waals surface area contributed by atoms with Crippen LogP contribution in [0.15, 0.2) is 43.1 Å². The number of halogens is 1. The van der Waals surface area contributed by atoms with Gasteiger partial charge in [0.2, 0.25) is 5.91 Å². The Hall–Kier alpha value is -2.25. The van der Waals surface area contributed by atoms with Crippen molar-refractivity contribution in [2.75, 3.05) is 5.32 Å². The van der Waals surface area contributed by atoms with Crippen LogP contribution in [0.4, 0.5) is 5.69 Å². The topological polar surface area (TPSA) is 72.7 Å². The summed E-state index contributed by atoms with van der Waals surface area (Å²) in [5, 5.41) is 6.86. The highest BCUT2D eigenvalue weighted by Gasteiger charge is 2.18. The zero-order valence-corrected chi connectivity index (χ0v) is 13.2. The molecule has 0 spiro atoms. The van der Waals surface area contributed by atoms with Crippen molar-refractivity contribution in [3.05, 3.63) is 47.5 Å². The maximum atomic E-state index is 12.3. The molecule has 0 saturated heterocycles. The number of aromatic nitrogens is 4. The summed E-state index contributed by atoms with van der Waals surface area (Å²) >= 11 is 7.38. The third-order valence-electron chi connectivity index (χ3n) is 3.09. The minimum Gasteiger partial charge on any atom is -0.322 e. The lowest BCUT2D eigenvalue weighted by Gasteiger charge is -2.13. The number of anilines is 1. The summed E-state index contributed by atoms with van der Waals surface area (Å²) in [7, 11) is 0. The van der Waals surface area contributed by atoms with Gasteiger partial charge in [-0.25, -0.2) is 9.67 Å². The van der Waals surface area contributed by atoms with Gasteiger partial charge in [-0.1, -0.05) is 11.6 Å². The highest BCUT2D eigenvalue weighted by atomic mass is 35.5. The van der Waals surface area contributed by atoms with Gasteiger partial charge < -0.3 is 5.32 Å². The second-order valence-electron chi connectivity index (χ2n) is 4.54. The maximum absolute atomic E-state index is 12.3. The fraction of sp³-hybridized carbons (Fsp3) is 0.143. The number of nitrogens with zero attached hydrogens (tertiary/aromatic N) is 4. The first kappa shape index (κ1) is 14.7. The van der Waals surface area contributed by atoms with Gasteiger partial charge in [0.1, 0.15) is 24.4 Å². The molecule has 1 N–H and O–H groups in total. The number of amides is 1. The lowest BCUT2D eigenvalue weighted by atomic mass is 10.2. The van der Waals surface area contributed by atoms with E-state index in [1.165, 1.54) is 28.7 Å². The number of rotatable bonds is 4. The van der Waals surface area contributed by atoms with Gasteiger partial charge in [-0.2, -0.15) is 5.10 Å². The van der Waals surface area contributed by atoms with Crippen LogP contribution in [0, 0.1) is 0 Å². The predicted molar refractivity (Wildman–Crippen MR) is 85.9 cm³/mol. The number of pyridine rings is 1. The molecule has 0 radical (unpaired) electrons. The molecule has 3 aromatic heterocycles. The molecule has 0 aliphatic carbocycles. The van der Waals surface area contributed by atoms with E-state index in [9.17, 15) is 4.79 Å². The Bertz CT molecular complexity index is 786. The van der Waals surface area contributed by atoms with Crippen molar-refractivity contribution in [2.24, 2.45) is 0 Å². The van der Waals surface area contributed by atoms with E-state index >= 15 is 0 Å². The molecule has 0 aliphatic heterocycles. The zero-order chi connectivity index (χ0) is 15.5. The van der Waals surface area contributed by atoms with E-state index in [-0.39, 0.29) is 5.91 Å². The molecule has 1 amide bonds. The summed E-state index contributed by atoms with van der Waals surface area (Å²) in [6.07, 6.45) is 4.58. The van der Waals surface area contributed by atoms with Crippen LogP contribution in [0.25, 0.3) is 10.6 Å². The zero-order valence-electron chi connectivity index (χ0n) is 11.6. The van der Waals surface area contributed by atoms with Crippen LogP contribution in [0.3, 0.4) is 0 Å². The summed E-state index contributed by atoms with van der Waals surface area (Å²) in [6.45, 7) is 1.75. The normalized spacial score (nSPS) is 12.1. The Labute approximate surface area is 135 Å². The summed E-state index contributed by atoms with van der Waals surface area (Å²) in [4.78, 5) is 21.4. The number of thiophene rings is 1. The van der Waals surface area contributed by atoms with Crippen LogP contribution >= 0.6 is 22.9 Å². The molecule has 0 aromatic carbocycles. The van der Waals surface area contributed by atoms with Gasteiger partial charge in [0.05, 0.1) is 14.9 Å². The average Bonchev–Trinajstić information content (AvgIpc) is 3.18. The van der Waals surface area contributed by atoms with Crippen LogP contribution in [-0.4, -0.2) is 25.7 Å². The van der Waals surface area contributed by atoms with Crippen molar-refractivity contribution in [3.8, 4) is 10.6 Å². The Kier molecular flexibility index (Phi) is 4.17. The molecule has 3 aromatic rings. The van der Waals surface area contributed by atoms with E-state index in [4.69, 9.17) is 11.6 Å². The van der Waals surface area contributed by atoms with Crippen molar-refractivity contribution in [2.45, 2.75) is 13.0 Å². The quantitative estimate of drug-likeness (QED) is 0.795. The summed E-state index contributed by atoms with van der Waals surface area (Å²) in [6, 6.07) is 6.80. The van der Waals surface area contributed by atoms with Crippen LogP contribution in [-0.2, 0) is 4.79 Å². The van der Waals surface area contributed by atoms with Gasteiger partial charge in [-0.3, -0.25) is 9.78 Å². The fourth-order valence-electron chi connectivity index (χ4n) is 1.92. The van der Waals surface area contributed by atoms with Gasteiger partial charge >= 0.3 is 0 Å². The molecular weight excluding hydrogens is 322 g/mol. The Morgan fingerprint density at radius 2 is 2.27 bits per heavy atom. The van der Waals surface area contributed by atoms with Gasteiger partial charge in [-0.05, 0) is 31.2 Å².